The van der Waals surface area contributed by atoms with Crippen molar-refractivity contribution < 1.29 is 90.5 Å². The number of aromatic nitrogens is 3. The first-order valence-corrected chi connectivity index (χ1v) is 15.5. The van der Waals surface area contributed by atoms with Crippen LogP contribution in [0.5, 0.6) is 0 Å². The minimum absolute atomic E-state index is 0.0994. The summed E-state index contributed by atoms with van der Waals surface area (Å²) in [6, 6.07) is 0. The lowest BCUT2D eigenvalue weighted by atomic mass is 9.97. The summed E-state index contributed by atoms with van der Waals surface area (Å²) in [4.78, 5) is 97.3. The van der Waals surface area contributed by atoms with Crippen molar-refractivity contribution in [1.29, 1.82) is 0 Å². The third kappa shape index (κ3) is 11.1. The maximum Gasteiger partial charge on any atom is 0.303 e. The summed E-state index contributed by atoms with van der Waals surface area (Å²) in [6.07, 6.45) is -12.4. The molecule has 2 fully saturated rings. The lowest BCUT2D eigenvalue weighted by Crippen LogP contribution is -2.65. The number of carbonyl (C=O) groups is 8. The van der Waals surface area contributed by atoms with E-state index < -0.39 is 116 Å². The second-order valence-corrected chi connectivity index (χ2v) is 11.4. The maximum atomic E-state index is 12.6. The monoisotopic (exact) mass is 745 g/mol. The highest BCUT2D eigenvalue weighted by Crippen LogP contribution is 2.44. The van der Waals surface area contributed by atoms with Crippen molar-refractivity contribution in [1.82, 2.24) is 15.0 Å². The average Bonchev–Trinajstić information content (AvgIpc) is 3.59. The van der Waals surface area contributed by atoms with Crippen LogP contribution in [0, 0.1) is 0 Å². The van der Waals surface area contributed by atoms with Gasteiger partial charge in [0.2, 0.25) is 18.2 Å². The second kappa shape index (κ2) is 17.8. The molecular formula is C30H39N3O19. The zero-order chi connectivity index (χ0) is 38.9. The Bertz CT molecular complexity index is 1530. The number of hydrogen-bond acceptors (Lipinski definition) is 21. The highest BCUT2D eigenvalue weighted by Gasteiger charge is 2.65. The Labute approximate surface area is 295 Å². The van der Waals surface area contributed by atoms with Crippen LogP contribution in [0.4, 0.5) is 0 Å². The predicted octanol–water partition coefficient (Wildman–Crippen LogP) is -0.907. The molecule has 0 radical (unpaired) electrons. The summed E-state index contributed by atoms with van der Waals surface area (Å²) in [5.74, 6) is -9.56. The first-order valence-electron chi connectivity index (χ1n) is 15.5. The number of rotatable bonds is 14. The van der Waals surface area contributed by atoms with E-state index in [9.17, 15) is 38.4 Å². The SMILES string of the molecule is CC(=O)OCc1cn([C@H]2O[C@@](COC(C)=O)(O[C@H]3O[C@H](COC(C)=O)[C@@H](OC(C)=O)[C@H](OC(C)=O)[C@H]3OC(C)=O)[C@@H](OC(C)=O)[C@@H]2OC(C)=O)nn1. The average molecular weight is 746 g/mol. The van der Waals surface area contributed by atoms with Crippen LogP contribution < -0.4 is 0 Å². The molecule has 0 bridgehead atoms. The number of esters is 8. The van der Waals surface area contributed by atoms with Crippen LogP contribution in [0.25, 0.3) is 0 Å². The van der Waals surface area contributed by atoms with Crippen molar-refractivity contribution in [2.75, 3.05) is 13.2 Å². The maximum absolute atomic E-state index is 12.6. The van der Waals surface area contributed by atoms with E-state index in [0.717, 1.165) is 53.1 Å². The van der Waals surface area contributed by atoms with Crippen LogP contribution in [0.1, 0.15) is 67.3 Å². The van der Waals surface area contributed by atoms with Gasteiger partial charge in [0.15, 0.2) is 30.6 Å². The summed E-state index contributed by atoms with van der Waals surface area (Å²) < 4.78 is 62.3. The number of hydrogen-bond donors (Lipinski definition) is 0. The second-order valence-electron chi connectivity index (χ2n) is 11.4. The Balaban J connectivity index is 2.24. The first kappa shape index (κ1) is 41.2. The Morgan fingerprint density at radius 2 is 1.17 bits per heavy atom. The minimum Gasteiger partial charge on any atom is -0.463 e. The quantitative estimate of drug-likeness (QED) is 0.165. The van der Waals surface area contributed by atoms with E-state index in [1.54, 1.807) is 0 Å². The van der Waals surface area contributed by atoms with Crippen molar-refractivity contribution >= 4 is 47.8 Å². The van der Waals surface area contributed by atoms with Crippen LogP contribution in [0.3, 0.4) is 0 Å². The molecule has 0 aromatic carbocycles. The molecule has 0 spiro atoms. The zero-order valence-electron chi connectivity index (χ0n) is 29.4. The van der Waals surface area contributed by atoms with Gasteiger partial charge in [0.1, 0.15) is 31.6 Å². The number of ether oxygens (including phenoxy) is 11. The van der Waals surface area contributed by atoms with E-state index >= 15 is 0 Å². The van der Waals surface area contributed by atoms with Crippen LogP contribution in [0.15, 0.2) is 6.20 Å². The number of nitrogens with zero attached hydrogens (tertiary/aromatic N) is 3. The van der Waals surface area contributed by atoms with Gasteiger partial charge in [-0.15, -0.1) is 5.10 Å². The predicted molar refractivity (Wildman–Crippen MR) is 159 cm³/mol. The highest BCUT2D eigenvalue weighted by molar-refractivity contribution is 5.69. The lowest BCUT2D eigenvalue weighted by Gasteiger charge is -2.46. The van der Waals surface area contributed by atoms with E-state index in [0.29, 0.717) is 0 Å². The van der Waals surface area contributed by atoms with Crippen molar-refractivity contribution in [2.24, 2.45) is 0 Å². The molecule has 2 aliphatic rings. The smallest absolute Gasteiger partial charge is 0.303 e. The Hall–Kier alpha value is -5.22. The molecule has 3 heterocycles. The molecule has 288 valence electrons. The van der Waals surface area contributed by atoms with Gasteiger partial charge in [-0.1, -0.05) is 5.21 Å². The zero-order valence-corrected chi connectivity index (χ0v) is 29.4. The van der Waals surface area contributed by atoms with E-state index in [2.05, 4.69) is 10.3 Å². The first-order chi connectivity index (χ1) is 24.3. The molecule has 0 amide bonds. The van der Waals surface area contributed by atoms with Crippen molar-refractivity contribution in [3.05, 3.63) is 11.9 Å². The highest BCUT2D eigenvalue weighted by atomic mass is 16.8. The normalized spacial score (nSPS) is 28.1. The molecule has 9 atom stereocenters. The van der Waals surface area contributed by atoms with Crippen molar-refractivity contribution in [3.63, 3.8) is 0 Å². The molecular weight excluding hydrogens is 706 g/mol. The van der Waals surface area contributed by atoms with Gasteiger partial charge in [0, 0.05) is 55.4 Å². The van der Waals surface area contributed by atoms with E-state index in [1.165, 1.54) is 13.1 Å². The molecule has 0 saturated carbocycles. The molecule has 0 aliphatic carbocycles. The van der Waals surface area contributed by atoms with E-state index in [-0.39, 0.29) is 12.3 Å². The molecule has 2 saturated heterocycles. The summed E-state index contributed by atoms with van der Waals surface area (Å²) >= 11 is 0. The summed E-state index contributed by atoms with van der Waals surface area (Å²) in [5, 5.41) is 7.84. The number of carbonyl (C=O) groups excluding carboxylic acids is 8. The molecule has 1 aromatic rings. The largest absolute Gasteiger partial charge is 0.463 e. The van der Waals surface area contributed by atoms with Gasteiger partial charge in [-0.05, 0) is 0 Å². The van der Waals surface area contributed by atoms with Gasteiger partial charge in [-0.2, -0.15) is 0 Å². The van der Waals surface area contributed by atoms with Gasteiger partial charge in [-0.25, -0.2) is 4.68 Å². The molecule has 22 nitrogen and oxygen atoms in total. The molecule has 1 aromatic heterocycles. The van der Waals surface area contributed by atoms with Crippen molar-refractivity contribution in [3.8, 4) is 0 Å². The van der Waals surface area contributed by atoms with E-state index in [4.69, 9.17) is 52.1 Å². The summed E-state index contributed by atoms with van der Waals surface area (Å²) in [7, 11) is 0. The van der Waals surface area contributed by atoms with Gasteiger partial charge in [0.05, 0.1) is 6.20 Å². The lowest BCUT2D eigenvalue weighted by molar-refractivity contribution is -0.386. The molecule has 52 heavy (non-hydrogen) atoms. The fourth-order valence-electron chi connectivity index (χ4n) is 5.20. The standard InChI is InChI=1S/C30H39N3O19/c1-13(34)42-10-21-9-33(32-31-21)28-26(48-19(7)40)27(49-20(8)41)30(51-28,12-44-15(3)36)52-29-25(47-18(6)39)24(46-17(5)38)23(45-16(4)37)22(50-29)11-43-14(2)35/h9,22-29H,10-12H2,1-8H3/t22-,23-,24+,25-,26+,27+,28+,29-,30+/m1/s1. The molecule has 3 rings (SSSR count). The summed E-state index contributed by atoms with van der Waals surface area (Å²) in [6.45, 7) is 6.41. The Morgan fingerprint density at radius 1 is 0.654 bits per heavy atom. The molecule has 22 heteroatoms. The Morgan fingerprint density at radius 3 is 1.71 bits per heavy atom. The fraction of sp³-hybridized carbons (Fsp3) is 0.667. The molecule has 0 unspecified atom stereocenters. The molecule has 0 N–H and O–H groups in total. The van der Waals surface area contributed by atoms with Crippen LogP contribution >= 0.6 is 0 Å². The molecule has 2 aliphatic heterocycles. The fourth-order valence-corrected chi connectivity index (χ4v) is 5.20. The van der Waals surface area contributed by atoms with Gasteiger partial charge >= 0.3 is 47.8 Å². The summed E-state index contributed by atoms with van der Waals surface area (Å²) in [5.41, 5.74) is 0.0994. The van der Waals surface area contributed by atoms with E-state index in [1.807, 2.05) is 0 Å². The van der Waals surface area contributed by atoms with Gasteiger partial charge < -0.3 is 52.1 Å². The third-order valence-electron chi connectivity index (χ3n) is 6.91. The third-order valence-corrected chi connectivity index (χ3v) is 6.91. The topological polar surface area (TPSA) is 269 Å². The van der Waals surface area contributed by atoms with Crippen LogP contribution in [0.2, 0.25) is 0 Å². The van der Waals surface area contributed by atoms with Crippen LogP contribution in [-0.2, 0) is 97.1 Å². The van der Waals surface area contributed by atoms with Gasteiger partial charge in [0.25, 0.3) is 0 Å². The Kier molecular flexibility index (Phi) is 14.1. The van der Waals surface area contributed by atoms with Gasteiger partial charge in [-0.3, -0.25) is 38.4 Å². The van der Waals surface area contributed by atoms with Crippen LogP contribution in [-0.4, -0.2) is 125 Å². The minimum atomic E-state index is -2.55. The van der Waals surface area contributed by atoms with Crippen molar-refractivity contribution in [2.45, 2.75) is 117 Å².